The predicted octanol–water partition coefficient (Wildman–Crippen LogP) is 2.78. The molecule has 1 amide bonds. The highest BCUT2D eigenvalue weighted by Crippen LogP contribution is 2.33. The third-order valence-electron chi connectivity index (χ3n) is 6.15. The van der Waals surface area contributed by atoms with Gasteiger partial charge in [-0.1, -0.05) is 12.1 Å². The number of benzene rings is 1. The Kier molecular flexibility index (Phi) is 4.43. The maximum atomic E-state index is 12.3. The second kappa shape index (κ2) is 7.09. The summed E-state index contributed by atoms with van der Waals surface area (Å²) in [5, 5.41) is 0. The van der Waals surface area contributed by atoms with Gasteiger partial charge in [-0.05, 0) is 48.6 Å². The van der Waals surface area contributed by atoms with Gasteiger partial charge in [0.1, 0.15) is 11.9 Å². The maximum Gasteiger partial charge on any atom is 0.410 e. The molecule has 1 aromatic heterocycles. The normalized spacial score (nSPS) is 23.6. The number of hydrogen-bond donors (Lipinski definition) is 0. The molecule has 2 fully saturated rings. The second-order valence-corrected chi connectivity index (χ2v) is 7.92. The summed E-state index contributed by atoms with van der Waals surface area (Å²) in [5.74, 6) is 0.972. The Morgan fingerprint density at radius 1 is 1.18 bits per heavy atom. The van der Waals surface area contributed by atoms with Crippen molar-refractivity contribution in [2.75, 3.05) is 20.2 Å². The van der Waals surface area contributed by atoms with Crippen molar-refractivity contribution in [3.05, 3.63) is 58.9 Å². The Hall–Kier alpha value is -2.60. The van der Waals surface area contributed by atoms with Crippen molar-refractivity contribution in [3.63, 3.8) is 0 Å². The van der Waals surface area contributed by atoms with Crippen LogP contribution in [0.15, 0.2) is 36.5 Å². The number of aryl methyl sites for hydroxylation is 2. The van der Waals surface area contributed by atoms with Gasteiger partial charge in [-0.3, -0.25) is 14.8 Å². The molecule has 28 heavy (non-hydrogen) atoms. The second-order valence-electron chi connectivity index (χ2n) is 7.92. The number of hydrogen-bond acceptors (Lipinski definition) is 5. The number of methoxy groups -OCH3 is 1. The molecule has 1 aromatic carbocycles. The molecule has 6 heteroatoms. The van der Waals surface area contributed by atoms with E-state index in [1.807, 2.05) is 23.1 Å². The summed E-state index contributed by atoms with van der Waals surface area (Å²) in [6.07, 6.45) is 5.00. The first-order chi connectivity index (χ1) is 13.7. The van der Waals surface area contributed by atoms with E-state index in [-0.39, 0.29) is 18.2 Å². The molecule has 3 heterocycles. The molecule has 0 unspecified atom stereocenters. The van der Waals surface area contributed by atoms with Gasteiger partial charge in [0.15, 0.2) is 0 Å². The van der Waals surface area contributed by atoms with Gasteiger partial charge in [-0.25, -0.2) is 4.79 Å². The monoisotopic (exact) mass is 379 g/mol. The minimum atomic E-state index is -0.226. The lowest BCUT2D eigenvalue weighted by molar-refractivity contribution is 0.119. The summed E-state index contributed by atoms with van der Waals surface area (Å²) in [7, 11) is 1.75. The highest BCUT2D eigenvalue weighted by Gasteiger charge is 2.47. The highest BCUT2D eigenvalue weighted by atomic mass is 16.6. The third kappa shape index (κ3) is 3.11. The van der Waals surface area contributed by atoms with E-state index >= 15 is 0 Å². The highest BCUT2D eigenvalue weighted by molar-refractivity contribution is 5.71. The summed E-state index contributed by atoms with van der Waals surface area (Å²) >= 11 is 0. The van der Waals surface area contributed by atoms with Crippen LogP contribution in [0.1, 0.15) is 28.8 Å². The number of carbonyl (C=O) groups excluding carboxylic acids is 1. The van der Waals surface area contributed by atoms with E-state index in [1.165, 1.54) is 23.1 Å². The van der Waals surface area contributed by atoms with Crippen molar-refractivity contribution in [3.8, 4) is 5.75 Å². The van der Waals surface area contributed by atoms with Crippen molar-refractivity contribution in [1.29, 1.82) is 0 Å². The lowest BCUT2D eigenvalue weighted by atomic mass is 10.0. The van der Waals surface area contributed by atoms with Gasteiger partial charge in [0.2, 0.25) is 0 Å². The van der Waals surface area contributed by atoms with E-state index in [9.17, 15) is 4.79 Å². The van der Waals surface area contributed by atoms with Gasteiger partial charge in [0, 0.05) is 31.4 Å². The minimum Gasteiger partial charge on any atom is -0.496 e. The van der Waals surface area contributed by atoms with E-state index in [4.69, 9.17) is 9.47 Å². The van der Waals surface area contributed by atoms with Crippen LogP contribution in [-0.4, -0.2) is 53.2 Å². The van der Waals surface area contributed by atoms with Crippen LogP contribution >= 0.6 is 0 Å². The molecule has 6 nitrogen and oxygen atoms in total. The van der Waals surface area contributed by atoms with Crippen molar-refractivity contribution in [1.82, 2.24) is 14.8 Å². The topological polar surface area (TPSA) is 54.9 Å². The van der Waals surface area contributed by atoms with Gasteiger partial charge < -0.3 is 9.47 Å². The first-order valence-corrected chi connectivity index (χ1v) is 9.99. The van der Waals surface area contributed by atoms with Crippen LogP contribution in [0.3, 0.4) is 0 Å². The minimum absolute atomic E-state index is 0.0726. The Bertz CT molecular complexity index is 886. The number of aromatic nitrogens is 1. The zero-order valence-electron chi connectivity index (χ0n) is 16.1. The number of likely N-dealkylation sites (tertiary alicyclic amines) is 1. The smallest absolute Gasteiger partial charge is 0.410 e. The lowest BCUT2D eigenvalue weighted by Gasteiger charge is -2.23. The number of ether oxygens (including phenoxy) is 2. The molecule has 2 saturated heterocycles. The van der Waals surface area contributed by atoms with Gasteiger partial charge in [0.05, 0.1) is 25.4 Å². The van der Waals surface area contributed by atoms with E-state index < -0.39 is 0 Å². The van der Waals surface area contributed by atoms with Crippen molar-refractivity contribution in [2.45, 2.75) is 44.5 Å². The Balaban J connectivity index is 1.30. The summed E-state index contributed by atoms with van der Waals surface area (Å²) in [5.41, 5.74) is 5.00. The molecule has 2 atom stereocenters. The first-order valence-electron chi connectivity index (χ1n) is 9.99. The van der Waals surface area contributed by atoms with Gasteiger partial charge in [0.25, 0.3) is 0 Å². The summed E-state index contributed by atoms with van der Waals surface area (Å²) in [6, 6.07) is 10.4. The largest absolute Gasteiger partial charge is 0.496 e. The number of carbonyl (C=O) groups is 1. The lowest BCUT2D eigenvalue weighted by Crippen LogP contribution is -2.37. The van der Waals surface area contributed by atoms with Crippen LogP contribution in [0.25, 0.3) is 0 Å². The summed E-state index contributed by atoms with van der Waals surface area (Å²) < 4.78 is 11.3. The zero-order chi connectivity index (χ0) is 19.1. The first kappa shape index (κ1) is 17.5. The summed E-state index contributed by atoms with van der Waals surface area (Å²) in [6.45, 7) is 2.88. The molecule has 0 N–H and O–H groups in total. The average Bonchev–Trinajstić information content (AvgIpc) is 3.38. The maximum absolute atomic E-state index is 12.3. The van der Waals surface area contributed by atoms with Crippen LogP contribution in [0, 0.1) is 0 Å². The molecule has 0 spiro atoms. The van der Waals surface area contributed by atoms with Gasteiger partial charge in [-0.2, -0.15) is 0 Å². The molecule has 3 aliphatic rings. The zero-order valence-corrected chi connectivity index (χ0v) is 16.1. The van der Waals surface area contributed by atoms with Gasteiger partial charge >= 0.3 is 6.09 Å². The molecule has 0 bridgehead atoms. The number of rotatable bonds is 5. The molecule has 2 aromatic rings. The molecule has 146 valence electrons. The van der Waals surface area contributed by atoms with E-state index in [0.717, 1.165) is 43.9 Å². The number of amides is 1. The van der Waals surface area contributed by atoms with Crippen molar-refractivity contribution < 1.29 is 14.3 Å². The standard InChI is InChI=1S/C22H25N3O3/c1-27-20-10-16-6-4-5-15(16)9-17(20)11-24-13-19-21(14-24)28-22(26)25(19)12-18-7-2-3-8-23-18/h2-3,7-10,19,21H,4-6,11-14H2,1H3/t19-,21+/m0/s1. The number of nitrogens with zero attached hydrogens (tertiary/aromatic N) is 3. The van der Waals surface area contributed by atoms with Crippen molar-refractivity contribution in [2.24, 2.45) is 0 Å². The Morgan fingerprint density at radius 3 is 2.82 bits per heavy atom. The van der Waals surface area contributed by atoms with Crippen LogP contribution in [0.4, 0.5) is 4.79 Å². The molecule has 0 radical (unpaired) electrons. The SMILES string of the molecule is COc1cc2c(cc1CN1C[C@H]3OC(=O)N(Cc4ccccn4)[C@H]3C1)CCC2. The summed E-state index contributed by atoms with van der Waals surface area (Å²) in [4.78, 5) is 20.9. The van der Waals surface area contributed by atoms with E-state index in [2.05, 4.69) is 22.0 Å². The molecular formula is C22H25N3O3. The van der Waals surface area contributed by atoms with E-state index in [0.29, 0.717) is 6.54 Å². The fourth-order valence-electron chi connectivity index (χ4n) is 4.76. The number of pyridine rings is 1. The van der Waals surface area contributed by atoms with Crippen LogP contribution in [0.5, 0.6) is 5.75 Å². The Morgan fingerprint density at radius 2 is 2.04 bits per heavy atom. The molecular weight excluding hydrogens is 354 g/mol. The Labute approximate surface area is 165 Å². The third-order valence-corrected chi connectivity index (χ3v) is 6.15. The van der Waals surface area contributed by atoms with Gasteiger partial charge in [-0.15, -0.1) is 0 Å². The van der Waals surface area contributed by atoms with Crippen LogP contribution in [-0.2, 0) is 30.7 Å². The fraction of sp³-hybridized carbons (Fsp3) is 0.455. The molecule has 2 aliphatic heterocycles. The van der Waals surface area contributed by atoms with Crippen LogP contribution in [0.2, 0.25) is 0 Å². The predicted molar refractivity (Wildman–Crippen MR) is 104 cm³/mol. The van der Waals surface area contributed by atoms with Crippen LogP contribution < -0.4 is 4.74 Å². The van der Waals surface area contributed by atoms with E-state index in [1.54, 1.807) is 13.3 Å². The average molecular weight is 379 g/mol. The number of fused-ring (bicyclic) bond motifs is 2. The molecule has 5 rings (SSSR count). The molecule has 1 aliphatic carbocycles. The molecule has 0 saturated carbocycles. The quantitative estimate of drug-likeness (QED) is 0.800. The fourth-order valence-corrected chi connectivity index (χ4v) is 4.76. The van der Waals surface area contributed by atoms with Crippen molar-refractivity contribution >= 4 is 6.09 Å².